The quantitative estimate of drug-likeness (QED) is 0.480. The molecule has 2 amide bonds. The third kappa shape index (κ3) is 6.62. The fourth-order valence-corrected chi connectivity index (χ4v) is 2.38. The molecular formula is C18H30N4O4. The standard InChI is InChI=1S/C18H30N4O4/c1-21(2)14-9-7-13(8-10-14)15(22(3)4)11-19-17(23)18(24)20-12-16(25-5)26-6/h7-10,15-16H,11-12H2,1-6H3,(H,19,23)(H,20,24). The Hall–Kier alpha value is -2.16. The average Bonchev–Trinajstić information content (AvgIpc) is 2.62. The number of nitrogens with one attached hydrogen (secondary N) is 2. The number of methoxy groups -OCH3 is 2. The van der Waals surface area contributed by atoms with Crippen LogP contribution < -0.4 is 15.5 Å². The molecule has 8 heteroatoms. The van der Waals surface area contributed by atoms with Crippen LogP contribution in [-0.4, -0.2) is 78.5 Å². The molecule has 0 spiro atoms. The third-order valence-electron chi connectivity index (χ3n) is 4.03. The van der Waals surface area contributed by atoms with E-state index in [9.17, 15) is 9.59 Å². The Morgan fingerprint density at radius 1 is 0.923 bits per heavy atom. The second-order valence-electron chi connectivity index (χ2n) is 6.29. The van der Waals surface area contributed by atoms with E-state index in [0.29, 0.717) is 6.54 Å². The molecule has 26 heavy (non-hydrogen) atoms. The molecule has 1 unspecified atom stereocenters. The molecule has 1 aromatic carbocycles. The van der Waals surface area contributed by atoms with Gasteiger partial charge in [0, 0.05) is 40.5 Å². The Morgan fingerprint density at radius 2 is 1.42 bits per heavy atom. The van der Waals surface area contributed by atoms with E-state index < -0.39 is 18.1 Å². The number of rotatable bonds is 9. The van der Waals surface area contributed by atoms with E-state index in [2.05, 4.69) is 10.6 Å². The number of likely N-dealkylation sites (N-methyl/N-ethyl adjacent to an activating group) is 1. The minimum absolute atomic E-state index is 0.0475. The predicted octanol–water partition coefficient (Wildman–Crippen LogP) is 0.207. The van der Waals surface area contributed by atoms with E-state index in [0.717, 1.165) is 11.3 Å². The number of ether oxygens (including phenoxy) is 2. The van der Waals surface area contributed by atoms with E-state index >= 15 is 0 Å². The fourth-order valence-electron chi connectivity index (χ4n) is 2.38. The van der Waals surface area contributed by atoms with E-state index in [1.54, 1.807) is 0 Å². The second kappa shape index (κ2) is 10.7. The molecule has 1 rings (SSSR count). The van der Waals surface area contributed by atoms with Crippen molar-refractivity contribution in [3.05, 3.63) is 29.8 Å². The molecule has 0 heterocycles. The van der Waals surface area contributed by atoms with Crippen LogP contribution in [0.4, 0.5) is 5.69 Å². The predicted molar refractivity (Wildman–Crippen MR) is 101 cm³/mol. The maximum Gasteiger partial charge on any atom is 0.309 e. The molecule has 0 saturated carbocycles. The summed E-state index contributed by atoms with van der Waals surface area (Å²) in [5.74, 6) is -1.41. The van der Waals surface area contributed by atoms with Crippen molar-refractivity contribution in [1.82, 2.24) is 15.5 Å². The lowest BCUT2D eigenvalue weighted by Gasteiger charge is -2.25. The van der Waals surface area contributed by atoms with Crippen molar-refractivity contribution in [1.29, 1.82) is 0 Å². The Bertz CT molecular complexity index is 571. The van der Waals surface area contributed by atoms with E-state index in [4.69, 9.17) is 9.47 Å². The normalized spacial score (nSPS) is 12.2. The van der Waals surface area contributed by atoms with Crippen LogP contribution in [0.5, 0.6) is 0 Å². The van der Waals surface area contributed by atoms with Gasteiger partial charge in [-0.05, 0) is 31.8 Å². The first-order valence-electron chi connectivity index (χ1n) is 8.35. The molecule has 0 aliphatic heterocycles. The lowest BCUT2D eigenvalue weighted by atomic mass is 10.1. The van der Waals surface area contributed by atoms with Gasteiger partial charge in [0.05, 0.1) is 12.6 Å². The van der Waals surface area contributed by atoms with Crippen molar-refractivity contribution < 1.29 is 19.1 Å². The summed E-state index contributed by atoms with van der Waals surface area (Å²) >= 11 is 0. The van der Waals surface area contributed by atoms with Gasteiger partial charge in [-0.1, -0.05) is 12.1 Å². The summed E-state index contributed by atoms with van der Waals surface area (Å²) < 4.78 is 9.93. The fraction of sp³-hybridized carbons (Fsp3) is 0.556. The van der Waals surface area contributed by atoms with Gasteiger partial charge in [0.15, 0.2) is 6.29 Å². The van der Waals surface area contributed by atoms with Gasteiger partial charge in [0.25, 0.3) is 0 Å². The monoisotopic (exact) mass is 366 g/mol. The largest absolute Gasteiger partial charge is 0.378 e. The van der Waals surface area contributed by atoms with Crippen LogP contribution in [0.2, 0.25) is 0 Å². The highest BCUT2D eigenvalue weighted by Crippen LogP contribution is 2.20. The van der Waals surface area contributed by atoms with Gasteiger partial charge < -0.3 is 29.9 Å². The first-order chi connectivity index (χ1) is 12.3. The zero-order valence-corrected chi connectivity index (χ0v) is 16.4. The molecule has 0 bridgehead atoms. The molecule has 0 radical (unpaired) electrons. The molecule has 1 atom stereocenters. The Balaban J connectivity index is 2.62. The lowest BCUT2D eigenvalue weighted by Crippen LogP contribution is -2.45. The summed E-state index contributed by atoms with van der Waals surface area (Å²) in [6.45, 7) is 0.418. The van der Waals surface area contributed by atoms with Crippen molar-refractivity contribution in [3.63, 3.8) is 0 Å². The highest BCUT2D eigenvalue weighted by atomic mass is 16.7. The number of hydrogen-bond acceptors (Lipinski definition) is 6. The van der Waals surface area contributed by atoms with Crippen molar-refractivity contribution in [2.24, 2.45) is 0 Å². The SMILES string of the molecule is COC(CNC(=O)C(=O)NCC(c1ccc(N(C)C)cc1)N(C)C)OC. The number of carbonyl (C=O) groups is 2. The van der Waals surface area contributed by atoms with E-state index in [-0.39, 0.29) is 12.6 Å². The summed E-state index contributed by atoms with van der Waals surface area (Å²) in [7, 11) is 10.7. The molecule has 146 valence electrons. The number of anilines is 1. The smallest absolute Gasteiger partial charge is 0.309 e. The Morgan fingerprint density at radius 3 is 1.85 bits per heavy atom. The topological polar surface area (TPSA) is 83.1 Å². The van der Waals surface area contributed by atoms with Crippen molar-refractivity contribution >= 4 is 17.5 Å². The minimum atomic E-state index is -0.718. The number of amides is 2. The van der Waals surface area contributed by atoms with Crippen LogP contribution in [0.15, 0.2) is 24.3 Å². The van der Waals surface area contributed by atoms with Crippen molar-refractivity contribution in [2.45, 2.75) is 12.3 Å². The van der Waals surface area contributed by atoms with Gasteiger partial charge in [0.2, 0.25) is 0 Å². The average molecular weight is 366 g/mol. The van der Waals surface area contributed by atoms with Gasteiger partial charge >= 0.3 is 11.8 Å². The van der Waals surface area contributed by atoms with Crippen LogP contribution in [0.3, 0.4) is 0 Å². The third-order valence-corrected chi connectivity index (χ3v) is 4.03. The van der Waals surface area contributed by atoms with Crippen LogP contribution >= 0.6 is 0 Å². The molecule has 2 N–H and O–H groups in total. The highest BCUT2D eigenvalue weighted by molar-refractivity contribution is 6.35. The zero-order valence-electron chi connectivity index (χ0n) is 16.4. The molecular weight excluding hydrogens is 336 g/mol. The first kappa shape index (κ1) is 21.9. The number of hydrogen-bond donors (Lipinski definition) is 2. The van der Waals surface area contributed by atoms with Gasteiger partial charge in [-0.15, -0.1) is 0 Å². The maximum absolute atomic E-state index is 12.0. The highest BCUT2D eigenvalue weighted by Gasteiger charge is 2.19. The molecule has 0 aromatic heterocycles. The first-order valence-corrected chi connectivity index (χ1v) is 8.35. The van der Waals surface area contributed by atoms with Crippen LogP contribution in [-0.2, 0) is 19.1 Å². The van der Waals surface area contributed by atoms with E-state index in [1.807, 2.05) is 62.3 Å². The van der Waals surface area contributed by atoms with E-state index in [1.165, 1.54) is 14.2 Å². The summed E-state index contributed by atoms with van der Waals surface area (Å²) in [6.07, 6.45) is -0.587. The van der Waals surface area contributed by atoms with Crippen LogP contribution in [0.1, 0.15) is 11.6 Å². The molecule has 1 aromatic rings. The molecule has 0 saturated heterocycles. The number of benzene rings is 1. The number of nitrogens with zero attached hydrogens (tertiary/aromatic N) is 2. The van der Waals surface area contributed by atoms with Crippen LogP contribution in [0, 0.1) is 0 Å². The molecule has 0 fully saturated rings. The van der Waals surface area contributed by atoms with Gasteiger partial charge in [-0.2, -0.15) is 0 Å². The van der Waals surface area contributed by atoms with Crippen molar-refractivity contribution in [2.75, 3.05) is 60.4 Å². The molecule has 0 aliphatic carbocycles. The summed E-state index contributed by atoms with van der Waals surface area (Å²) in [5, 5.41) is 5.15. The van der Waals surface area contributed by atoms with Gasteiger partial charge in [-0.3, -0.25) is 9.59 Å². The van der Waals surface area contributed by atoms with Crippen molar-refractivity contribution in [3.8, 4) is 0 Å². The zero-order chi connectivity index (χ0) is 19.7. The minimum Gasteiger partial charge on any atom is -0.378 e. The Labute approximate surface area is 155 Å². The second-order valence-corrected chi connectivity index (χ2v) is 6.29. The molecule has 0 aliphatic rings. The van der Waals surface area contributed by atoms with Gasteiger partial charge in [0.1, 0.15) is 0 Å². The summed E-state index contributed by atoms with van der Waals surface area (Å²) in [4.78, 5) is 27.9. The maximum atomic E-state index is 12.0. The summed E-state index contributed by atoms with van der Waals surface area (Å²) in [6, 6.07) is 8.04. The summed E-state index contributed by atoms with van der Waals surface area (Å²) in [5.41, 5.74) is 2.15. The lowest BCUT2D eigenvalue weighted by molar-refractivity contribution is -0.141. The Kier molecular flexibility index (Phi) is 9.04. The van der Waals surface area contributed by atoms with Gasteiger partial charge in [-0.25, -0.2) is 0 Å². The number of carbonyl (C=O) groups excluding carboxylic acids is 2. The van der Waals surface area contributed by atoms with Crippen LogP contribution in [0.25, 0.3) is 0 Å². The molecule has 8 nitrogen and oxygen atoms in total.